The molecule has 4 rings (SSSR count). The molecule has 1 aromatic rings. The summed E-state index contributed by atoms with van der Waals surface area (Å²) in [6, 6.07) is 7.51. The number of amides is 1. The van der Waals surface area contributed by atoms with Gasteiger partial charge in [-0.15, -0.1) is 0 Å². The number of nitrogens with one attached hydrogen (secondary N) is 1. The summed E-state index contributed by atoms with van der Waals surface area (Å²) in [6.07, 6.45) is 5.34. The maximum absolute atomic E-state index is 12.2. The molecule has 132 valence electrons. The highest BCUT2D eigenvalue weighted by Crippen LogP contribution is 2.29. The Bertz CT molecular complexity index is 541. The van der Waals surface area contributed by atoms with Crippen LogP contribution in [-0.2, 0) is 4.74 Å². The summed E-state index contributed by atoms with van der Waals surface area (Å²) < 4.78 is 11.4. The largest absolute Gasteiger partial charge is 0.494 e. The molecule has 0 spiro atoms. The molecule has 1 atom stereocenters. The molecular formula is C19H28N2O3. The fourth-order valence-corrected chi connectivity index (χ4v) is 3.53. The Morgan fingerprint density at radius 3 is 2.83 bits per heavy atom. The van der Waals surface area contributed by atoms with Crippen LogP contribution >= 0.6 is 0 Å². The van der Waals surface area contributed by atoms with Crippen molar-refractivity contribution in [2.24, 2.45) is 5.92 Å². The van der Waals surface area contributed by atoms with E-state index in [1.165, 1.54) is 12.8 Å². The highest BCUT2D eigenvalue weighted by molar-refractivity contribution is 5.85. The van der Waals surface area contributed by atoms with Crippen molar-refractivity contribution in [3.63, 3.8) is 0 Å². The number of carbonyl (C=O) groups is 1. The third kappa shape index (κ3) is 4.63. The Kier molecular flexibility index (Phi) is 5.96. The summed E-state index contributed by atoms with van der Waals surface area (Å²) in [4.78, 5) is 14.6. The van der Waals surface area contributed by atoms with Crippen LogP contribution < -0.4 is 10.1 Å². The van der Waals surface area contributed by atoms with Gasteiger partial charge >= 0.3 is 6.09 Å². The molecule has 3 heterocycles. The maximum atomic E-state index is 12.2. The van der Waals surface area contributed by atoms with Crippen LogP contribution in [0.5, 0.6) is 5.75 Å². The van der Waals surface area contributed by atoms with E-state index in [2.05, 4.69) is 17.1 Å². The van der Waals surface area contributed by atoms with E-state index in [9.17, 15) is 4.79 Å². The number of rotatable bonds is 7. The van der Waals surface area contributed by atoms with E-state index in [0.717, 1.165) is 44.6 Å². The summed E-state index contributed by atoms with van der Waals surface area (Å²) in [7, 11) is 0. The molecule has 3 fully saturated rings. The van der Waals surface area contributed by atoms with Crippen LogP contribution in [0.3, 0.4) is 0 Å². The van der Waals surface area contributed by atoms with Gasteiger partial charge in [0.1, 0.15) is 11.9 Å². The van der Waals surface area contributed by atoms with Crippen molar-refractivity contribution in [3.05, 3.63) is 24.3 Å². The highest BCUT2D eigenvalue weighted by atomic mass is 16.6. The molecule has 1 amide bonds. The number of ether oxygens (including phenoxy) is 2. The number of unbranched alkanes of at least 4 members (excludes halogenated alkanes) is 2. The lowest BCUT2D eigenvalue weighted by Gasteiger charge is -2.43. The van der Waals surface area contributed by atoms with Crippen molar-refractivity contribution in [2.45, 2.75) is 45.1 Å². The van der Waals surface area contributed by atoms with Gasteiger partial charge in [0.2, 0.25) is 0 Å². The second kappa shape index (κ2) is 8.38. The third-order valence-corrected chi connectivity index (χ3v) is 4.95. The molecule has 1 aromatic carbocycles. The minimum absolute atomic E-state index is 0.0287. The molecule has 1 N–H and O–H groups in total. The molecule has 5 heteroatoms. The van der Waals surface area contributed by atoms with Gasteiger partial charge in [0, 0.05) is 18.3 Å². The molecule has 5 nitrogen and oxygen atoms in total. The number of benzene rings is 1. The number of nitrogens with zero attached hydrogens (tertiary/aromatic N) is 1. The van der Waals surface area contributed by atoms with E-state index in [1.54, 1.807) is 0 Å². The summed E-state index contributed by atoms with van der Waals surface area (Å²) in [5.74, 6) is 1.31. The van der Waals surface area contributed by atoms with Gasteiger partial charge in [-0.1, -0.05) is 25.8 Å². The lowest BCUT2D eigenvalue weighted by Crippen LogP contribution is -2.52. The topological polar surface area (TPSA) is 50.8 Å². The Balaban J connectivity index is 1.47. The number of hydrogen-bond donors (Lipinski definition) is 1. The maximum Gasteiger partial charge on any atom is 0.411 e. The zero-order chi connectivity index (χ0) is 16.8. The standard InChI is InChI=1S/C19H28N2O3/c1-2-3-4-12-23-17-7-5-6-16(13-17)20-19(22)24-18-14-21-10-8-15(18)9-11-21/h5-7,13,15,18H,2-4,8-12,14H2,1H3,(H,20,22). The molecule has 3 saturated heterocycles. The van der Waals surface area contributed by atoms with Gasteiger partial charge in [-0.3, -0.25) is 10.2 Å². The van der Waals surface area contributed by atoms with Crippen LogP contribution in [0.4, 0.5) is 10.5 Å². The number of hydrogen-bond acceptors (Lipinski definition) is 4. The van der Waals surface area contributed by atoms with Crippen LogP contribution in [0.25, 0.3) is 0 Å². The first-order chi connectivity index (χ1) is 11.7. The van der Waals surface area contributed by atoms with Crippen LogP contribution in [0.1, 0.15) is 39.0 Å². The molecule has 24 heavy (non-hydrogen) atoms. The van der Waals surface area contributed by atoms with Crippen molar-refractivity contribution in [1.29, 1.82) is 0 Å². The zero-order valence-corrected chi connectivity index (χ0v) is 14.5. The van der Waals surface area contributed by atoms with E-state index in [1.807, 2.05) is 24.3 Å². The van der Waals surface area contributed by atoms with Gasteiger partial charge in [-0.25, -0.2) is 4.79 Å². The molecule has 0 saturated carbocycles. The number of anilines is 1. The summed E-state index contributed by atoms with van der Waals surface area (Å²) >= 11 is 0. The van der Waals surface area contributed by atoms with Gasteiger partial charge < -0.3 is 9.47 Å². The zero-order valence-electron chi connectivity index (χ0n) is 14.5. The fraction of sp³-hybridized carbons (Fsp3) is 0.632. The van der Waals surface area contributed by atoms with Crippen molar-refractivity contribution in [3.8, 4) is 5.75 Å². The first kappa shape index (κ1) is 17.1. The molecular weight excluding hydrogens is 304 g/mol. The summed E-state index contributed by atoms with van der Waals surface area (Å²) in [5, 5.41) is 2.83. The molecule has 3 aliphatic rings. The Hall–Kier alpha value is -1.75. The average Bonchev–Trinajstić information content (AvgIpc) is 2.60. The van der Waals surface area contributed by atoms with E-state index >= 15 is 0 Å². The van der Waals surface area contributed by atoms with Crippen LogP contribution in [-0.4, -0.2) is 43.3 Å². The smallest absolute Gasteiger partial charge is 0.411 e. The second-order valence-corrected chi connectivity index (χ2v) is 6.79. The van der Waals surface area contributed by atoms with Crippen molar-refractivity contribution < 1.29 is 14.3 Å². The minimum Gasteiger partial charge on any atom is -0.494 e. The molecule has 0 aromatic heterocycles. The quantitative estimate of drug-likeness (QED) is 0.770. The Labute approximate surface area is 144 Å². The number of fused-ring (bicyclic) bond motifs is 3. The normalized spacial score (nSPS) is 25.3. The lowest BCUT2D eigenvalue weighted by molar-refractivity contribution is -0.0289. The molecule has 0 radical (unpaired) electrons. The first-order valence-electron chi connectivity index (χ1n) is 9.17. The molecule has 3 aliphatic heterocycles. The van der Waals surface area contributed by atoms with Crippen LogP contribution in [0, 0.1) is 5.92 Å². The monoisotopic (exact) mass is 332 g/mol. The Morgan fingerprint density at radius 2 is 2.12 bits per heavy atom. The van der Waals surface area contributed by atoms with Gasteiger partial charge in [-0.2, -0.15) is 0 Å². The summed E-state index contributed by atoms with van der Waals surface area (Å²) in [6.45, 7) is 6.04. The predicted octanol–water partition coefficient (Wildman–Crippen LogP) is 3.90. The predicted molar refractivity (Wildman–Crippen MR) is 94.5 cm³/mol. The fourth-order valence-electron chi connectivity index (χ4n) is 3.53. The van der Waals surface area contributed by atoms with Crippen LogP contribution in [0.2, 0.25) is 0 Å². The minimum atomic E-state index is -0.364. The second-order valence-electron chi connectivity index (χ2n) is 6.79. The molecule has 1 unspecified atom stereocenters. The Morgan fingerprint density at radius 1 is 1.29 bits per heavy atom. The van der Waals surface area contributed by atoms with Gasteiger partial charge in [0.15, 0.2) is 0 Å². The van der Waals surface area contributed by atoms with Crippen molar-refractivity contribution >= 4 is 11.8 Å². The SMILES string of the molecule is CCCCCOc1cccc(NC(=O)OC2CN3CCC2CC3)c1. The number of piperidine rings is 3. The van der Waals surface area contributed by atoms with Crippen molar-refractivity contribution in [1.82, 2.24) is 4.90 Å². The van der Waals surface area contributed by atoms with Gasteiger partial charge in [0.25, 0.3) is 0 Å². The summed E-state index contributed by atoms with van der Waals surface area (Å²) in [5.41, 5.74) is 0.717. The van der Waals surface area contributed by atoms with Crippen LogP contribution in [0.15, 0.2) is 24.3 Å². The van der Waals surface area contributed by atoms with E-state index in [-0.39, 0.29) is 12.2 Å². The van der Waals surface area contributed by atoms with E-state index in [0.29, 0.717) is 18.2 Å². The third-order valence-electron chi connectivity index (χ3n) is 4.95. The number of carbonyl (C=O) groups excluding carboxylic acids is 1. The highest BCUT2D eigenvalue weighted by Gasteiger charge is 2.36. The molecule has 0 aliphatic carbocycles. The lowest BCUT2D eigenvalue weighted by atomic mass is 9.86. The van der Waals surface area contributed by atoms with Gasteiger partial charge in [-0.05, 0) is 50.4 Å². The van der Waals surface area contributed by atoms with Crippen molar-refractivity contribution in [2.75, 3.05) is 31.6 Å². The van der Waals surface area contributed by atoms with E-state index in [4.69, 9.17) is 9.47 Å². The molecule has 2 bridgehead atoms. The van der Waals surface area contributed by atoms with E-state index < -0.39 is 0 Å². The van der Waals surface area contributed by atoms with Gasteiger partial charge in [0.05, 0.1) is 6.61 Å². The first-order valence-corrected chi connectivity index (χ1v) is 9.17. The average molecular weight is 332 g/mol.